The summed E-state index contributed by atoms with van der Waals surface area (Å²) >= 11 is 1.87. The maximum Gasteiger partial charge on any atom is 0.138 e. The monoisotopic (exact) mass is 196 g/mol. The van der Waals surface area contributed by atoms with E-state index in [1.54, 1.807) is 0 Å². The van der Waals surface area contributed by atoms with Gasteiger partial charge in [0.2, 0.25) is 0 Å². The van der Waals surface area contributed by atoms with E-state index in [4.69, 9.17) is 0 Å². The molecule has 13 heavy (non-hydrogen) atoms. The molecule has 0 N–H and O–H groups in total. The molecule has 0 aliphatic rings. The molecule has 72 valence electrons. The summed E-state index contributed by atoms with van der Waals surface area (Å²) in [5.74, 6) is 1.86. The molecule has 0 aliphatic heterocycles. The number of thioether (sulfide) groups is 1. The van der Waals surface area contributed by atoms with E-state index >= 15 is 0 Å². The van der Waals surface area contributed by atoms with Crippen molar-refractivity contribution in [3.8, 4) is 0 Å². The SMILES string of the molecule is CCc1cnc(CSC(C)C)nc1. The maximum atomic E-state index is 4.29. The van der Waals surface area contributed by atoms with Gasteiger partial charge < -0.3 is 0 Å². The predicted molar refractivity (Wildman–Crippen MR) is 57.8 cm³/mol. The first-order chi connectivity index (χ1) is 6.22. The fraction of sp³-hybridized carbons (Fsp3) is 0.600. The lowest BCUT2D eigenvalue weighted by Crippen LogP contribution is -1.96. The summed E-state index contributed by atoms with van der Waals surface area (Å²) in [6.45, 7) is 6.48. The first kappa shape index (κ1) is 10.5. The normalized spacial score (nSPS) is 10.8. The summed E-state index contributed by atoms with van der Waals surface area (Å²) in [7, 11) is 0. The Morgan fingerprint density at radius 1 is 1.31 bits per heavy atom. The van der Waals surface area contributed by atoms with Gasteiger partial charge in [-0.3, -0.25) is 0 Å². The number of nitrogens with zero attached hydrogens (tertiary/aromatic N) is 2. The summed E-state index contributed by atoms with van der Waals surface area (Å²) in [5, 5.41) is 0.648. The van der Waals surface area contributed by atoms with E-state index in [9.17, 15) is 0 Å². The molecule has 0 saturated carbocycles. The molecule has 0 aliphatic carbocycles. The van der Waals surface area contributed by atoms with Crippen molar-refractivity contribution in [2.75, 3.05) is 0 Å². The molecule has 1 aromatic rings. The average molecular weight is 196 g/mol. The second kappa shape index (κ2) is 5.22. The van der Waals surface area contributed by atoms with Gasteiger partial charge in [0.15, 0.2) is 0 Å². The lowest BCUT2D eigenvalue weighted by atomic mass is 10.3. The van der Waals surface area contributed by atoms with E-state index in [0.717, 1.165) is 18.0 Å². The Balaban J connectivity index is 2.49. The van der Waals surface area contributed by atoms with Crippen LogP contribution in [0.15, 0.2) is 12.4 Å². The zero-order chi connectivity index (χ0) is 9.68. The number of aromatic nitrogens is 2. The third-order valence-electron chi connectivity index (χ3n) is 1.71. The minimum atomic E-state index is 0.648. The molecule has 1 rings (SSSR count). The van der Waals surface area contributed by atoms with Crippen molar-refractivity contribution < 1.29 is 0 Å². The van der Waals surface area contributed by atoms with Gasteiger partial charge in [0, 0.05) is 12.4 Å². The Labute approximate surface area is 84.2 Å². The number of hydrogen-bond donors (Lipinski definition) is 0. The number of aryl methyl sites for hydroxylation is 1. The summed E-state index contributed by atoms with van der Waals surface area (Å²) in [4.78, 5) is 8.58. The fourth-order valence-corrected chi connectivity index (χ4v) is 1.51. The molecule has 0 spiro atoms. The van der Waals surface area contributed by atoms with Crippen LogP contribution in [0.3, 0.4) is 0 Å². The van der Waals surface area contributed by atoms with Gasteiger partial charge in [0.25, 0.3) is 0 Å². The van der Waals surface area contributed by atoms with Crippen LogP contribution in [0.25, 0.3) is 0 Å². The highest BCUT2D eigenvalue weighted by Crippen LogP contribution is 2.13. The van der Waals surface area contributed by atoms with Gasteiger partial charge >= 0.3 is 0 Å². The average Bonchev–Trinajstić information content (AvgIpc) is 2.15. The van der Waals surface area contributed by atoms with Crippen LogP contribution in [0.5, 0.6) is 0 Å². The van der Waals surface area contributed by atoms with E-state index < -0.39 is 0 Å². The van der Waals surface area contributed by atoms with Crippen LogP contribution in [-0.4, -0.2) is 15.2 Å². The number of rotatable bonds is 4. The van der Waals surface area contributed by atoms with Crippen LogP contribution in [0.1, 0.15) is 32.2 Å². The highest BCUT2D eigenvalue weighted by atomic mass is 32.2. The Bertz CT molecular complexity index is 244. The van der Waals surface area contributed by atoms with Gasteiger partial charge in [-0.25, -0.2) is 9.97 Å². The van der Waals surface area contributed by atoms with E-state index in [1.165, 1.54) is 5.56 Å². The minimum Gasteiger partial charge on any atom is -0.240 e. The van der Waals surface area contributed by atoms with E-state index in [-0.39, 0.29) is 0 Å². The number of hydrogen-bond acceptors (Lipinski definition) is 3. The molecule has 0 atom stereocenters. The van der Waals surface area contributed by atoms with E-state index in [0.29, 0.717) is 5.25 Å². The smallest absolute Gasteiger partial charge is 0.138 e. The Morgan fingerprint density at radius 3 is 2.38 bits per heavy atom. The van der Waals surface area contributed by atoms with Crippen LogP contribution in [-0.2, 0) is 12.2 Å². The van der Waals surface area contributed by atoms with Crippen molar-refractivity contribution in [2.45, 2.75) is 38.2 Å². The Kier molecular flexibility index (Phi) is 4.22. The van der Waals surface area contributed by atoms with Crippen LogP contribution >= 0.6 is 11.8 Å². The second-order valence-corrected chi connectivity index (χ2v) is 4.79. The molecule has 0 amide bonds. The molecule has 0 bridgehead atoms. The van der Waals surface area contributed by atoms with Crippen molar-refractivity contribution in [3.63, 3.8) is 0 Å². The Morgan fingerprint density at radius 2 is 1.92 bits per heavy atom. The van der Waals surface area contributed by atoms with Gasteiger partial charge in [-0.05, 0) is 17.2 Å². The van der Waals surface area contributed by atoms with Crippen LogP contribution in [0.4, 0.5) is 0 Å². The molecule has 0 aromatic carbocycles. The molecule has 0 radical (unpaired) electrons. The molecular weight excluding hydrogens is 180 g/mol. The third kappa shape index (κ3) is 3.77. The van der Waals surface area contributed by atoms with Crippen molar-refractivity contribution in [3.05, 3.63) is 23.8 Å². The molecule has 0 saturated heterocycles. The van der Waals surface area contributed by atoms with Crippen molar-refractivity contribution >= 4 is 11.8 Å². The third-order valence-corrected chi connectivity index (χ3v) is 2.80. The van der Waals surface area contributed by atoms with Gasteiger partial charge in [-0.2, -0.15) is 11.8 Å². The highest BCUT2D eigenvalue weighted by molar-refractivity contribution is 7.99. The minimum absolute atomic E-state index is 0.648. The molecule has 3 heteroatoms. The molecule has 1 heterocycles. The first-order valence-corrected chi connectivity index (χ1v) is 5.68. The zero-order valence-electron chi connectivity index (χ0n) is 8.45. The van der Waals surface area contributed by atoms with Crippen LogP contribution in [0, 0.1) is 0 Å². The maximum absolute atomic E-state index is 4.29. The summed E-state index contributed by atoms with van der Waals surface area (Å²) in [5.41, 5.74) is 1.21. The van der Waals surface area contributed by atoms with E-state index in [2.05, 4.69) is 30.7 Å². The zero-order valence-corrected chi connectivity index (χ0v) is 9.27. The van der Waals surface area contributed by atoms with Crippen molar-refractivity contribution in [1.82, 2.24) is 9.97 Å². The molecule has 1 aromatic heterocycles. The topological polar surface area (TPSA) is 25.8 Å². The lowest BCUT2D eigenvalue weighted by Gasteiger charge is -2.03. The fourth-order valence-electron chi connectivity index (χ4n) is 0.880. The van der Waals surface area contributed by atoms with Gasteiger partial charge in [-0.1, -0.05) is 20.8 Å². The molecule has 2 nitrogen and oxygen atoms in total. The quantitative estimate of drug-likeness (QED) is 0.740. The van der Waals surface area contributed by atoms with Gasteiger partial charge in [-0.15, -0.1) is 0 Å². The largest absolute Gasteiger partial charge is 0.240 e. The van der Waals surface area contributed by atoms with Crippen molar-refractivity contribution in [1.29, 1.82) is 0 Å². The first-order valence-electron chi connectivity index (χ1n) is 4.63. The van der Waals surface area contributed by atoms with Gasteiger partial charge in [0.05, 0.1) is 5.75 Å². The van der Waals surface area contributed by atoms with Crippen molar-refractivity contribution in [2.24, 2.45) is 0 Å². The summed E-state index contributed by atoms with van der Waals surface area (Å²) in [6, 6.07) is 0. The van der Waals surface area contributed by atoms with Gasteiger partial charge in [0.1, 0.15) is 5.82 Å². The predicted octanol–water partition coefficient (Wildman–Crippen LogP) is 2.68. The lowest BCUT2D eigenvalue weighted by molar-refractivity contribution is 0.973. The molecule has 0 fully saturated rings. The van der Waals surface area contributed by atoms with Crippen LogP contribution < -0.4 is 0 Å². The second-order valence-electron chi connectivity index (χ2n) is 3.22. The highest BCUT2D eigenvalue weighted by Gasteiger charge is 1.99. The summed E-state index contributed by atoms with van der Waals surface area (Å²) in [6.07, 6.45) is 4.85. The molecular formula is C10H16N2S. The van der Waals surface area contributed by atoms with E-state index in [1.807, 2.05) is 24.2 Å². The Hall–Kier alpha value is -0.570. The summed E-state index contributed by atoms with van der Waals surface area (Å²) < 4.78 is 0. The standard InChI is InChI=1S/C10H16N2S/c1-4-9-5-11-10(12-6-9)7-13-8(2)3/h5-6,8H,4,7H2,1-3H3. The molecule has 0 unspecified atom stereocenters. The van der Waals surface area contributed by atoms with Crippen LogP contribution in [0.2, 0.25) is 0 Å².